The number of nitrogens with zero attached hydrogens (tertiary/aromatic N) is 4. The van der Waals surface area contributed by atoms with E-state index >= 15 is 0 Å². The number of aromatic nitrogens is 3. The van der Waals surface area contributed by atoms with Crippen LogP contribution in [0.1, 0.15) is 17.4 Å². The Labute approximate surface area is 182 Å². The SMILES string of the molecule is COCCOc1cccc(CN2CCOC(c3ccc(Nc4ncccn4)cn3)C2)c1. The largest absolute Gasteiger partial charge is 0.491 e. The van der Waals surface area contributed by atoms with Gasteiger partial charge in [-0.25, -0.2) is 9.97 Å². The molecule has 162 valence electrons. The third kappa shape index (κ3) is 6.21. The second kappa shape index (κ2) is 10.8. The quantitative estimate of drug-likeness (QED) is 0.528. The molecule has 0 spiro atoms. The van der Waals surface area contributed by atoms with E-state index in [0.717, 1.165) is 36.8 Å². The summed E-state index contributed by atoms with van der Waals surface area (Å²) < 4.78 is 16.8. The smallest absolute Gasteiger partial charge is 0.227 e. The van der Waals surface area contributed by atoms with Gasteiger partial charge < -0.3 is 19.5 Å². The van der Waals surface area contributed by atoms with E-state index in [1.165, 1.54) is 5.56 Å². The lowest BCUT2D eigenvalue weighted by Gasteiger charge is -2.32. The van der Waals surface area contributed by atoms with Gasteiger partial charge in [0.25, 0.3) is 0 Å². The van der Waals surface area contributed by atoms with Gasteiger partial charge in [0, 0.05) is 39.1 Å². The molecule has 1 fully saturated rings. The molecule has 0 aliphatic carbocycles. The lowest BCUT2D eigenvalue weighted by Crippen LogP contribution is -2.38. The van der Waals surface area contributed by atoms with Crippen molar-refractivity contribution >= 4 is 11.6 Å². The van der Waals surface area contributed by atoms with Crippen molar-refractivity contribution in [3.63, 3.8) is 0 Å². The summed E-state index contributed by atoms with van der Waals surface area (Å²) in [4.78, 5) is 15.3. The zero-order chi connectivity index (χ0) is 21.3. The first-order chi connectivity index (χ1) is 15.3. The third-order valence-electron chi connectivity index (χ3n) is 4.95. The third-order valence-corrected chi connectivity index (χ3v) is 4.95. The van der Waals surface area contributed by atoms with Crippen molar-refractivity contribution in [2.45, 2.75) is 12.6 Å². The van der Waals surface area contributed by atoms with Crippen molar-refractivity contribution in [2.75, 3.05) is 45.3 Å². The second-order valence-corrected chi connectivity index (χ2v) is 7.25. The minimum absolute atomic E-state index is 0.0584. The molecule has 1 aliphatic heterocycles. The number of hydrogen-bond donors (Lipinski definition) is 1. The number of nitrogens with one attached hydrogen (secondary N) is 1. The number of pyridine rings is 1. The Morgan fingerprint density at radius 1 is 1.10 bits per heavy atom. The lowest BCUT2D eigenvalue weighted by molar-refractivity contribution is -0.0349. The minimum atomic E-state index is -0.0584. The number of anilines is 2. The molecule has 3 aromatic rings. The fraction of sp³-hybridized carbons (Fsp3) is 0.348. The number of methoxy groups -OCH3 is 1. The van der Waals surface area contributed by atoms with Gasteiger partial charge in [0.05, 0.1) is 30.8 Å². The fourth-order valence-electron chi connectivity index (χ4n) is 3.42. The predicted octanol–water partition coefficient (Wildman–Crippen LogP) is 3.21. The Hall–Kier alpha value is -3.07. The average molecular weight is 422 g/mol. The maximum absolute atomic E-state index is 5.99. The summed E-state index contributed by atoms with van der Waals surface area (Å²) in [5.74, 6) is 1.41. The van der Waals surface area contributed by atoms with Gasteiger partial charge in [-0.15, -0.1) is 0 Å². The highest BCUT2D eigenvalue weighted by atomic mass is 16.5. The molecular formula is C23H27N5O3. The van der Waals surface area contributed by atoms with Crippen LogP contribution in [0.4, 0.5) is 11.6 Å². The summed E-state index contributed by atoms with van der Waals surface area (Å²) in [6.07, 6.45) is 5.12. The minimum Gasteiger partial charge on any atom is -0.491 e. The van der Waals surface area contributed by atoms with Crippen LogP contribution in [0.5, 0.6) is 5.75 Å². The van der Waals surface area contributed by atoms with Gasteiger partial charge in [0.1, 0.15) is 18.5 Å². The molecule has 1 saturated heterocycles. The molecule has 1 aromatic carbocycles. The standard InChI is InChI=1S/C23H27N5O3/c1-29-12-13-30-20-5-2-4-18(14-20)16-28-10-11-31-22(17-28)21-7-6-19(15-26-21)27-23-24-8-3-9-25-23/h2-9,14-15,22H,10-13,16-17H2,1H3,(H,24,25,27). The normalized spacial score (nSPS) is 16.7. The van der Waals surface area contributed by atoms with E-state index in [-0.39, 0.29) is 6.10 Å². The van der Waals surface area contributed by atoms with E-state index in [1.807, 2.05) is 24.3 Å². The molecule has 1 unspecified atom stereocenters. The predicted molar refractivity (Wildman–Crippen MR) is 117 cm³/mol. The number of benzene rings is 1. The molecule has 1 N–H and O–H groups in total. The van der Waals surface area contributed by atoms with Crippen molar-refractivity contribution in [3.05, 3.63) is 72.3 Å². The van der Waals surface area contributed by atoms with Crippen LogP contribution in [0.25, 0.3) is 0 Å². The van der Waals surface area contributed by atoms with Crippen LogP contribution in [0.2, 0.25) is 0 Å². The zero-order valence-electron chi connectivity index (χ0n) is 17.6. The molecule has 0 amide bonds. The van der Waals surface area contributed by atoms with Gasteiger partial charge in [-0.3, -0.25) is 9.88 Å². The Morgan fingerprint density at radius 2 is 2.00 bits per heavy atom. The van der Waals surface area contributed by atoms with E-state index in [2.05, 4.69) is 37.3 Å². The van der Waals surface area contributed by atoms with Crippen LogP contribution in [-0.4, -0.2) is 59.9 Å². The topological polar surface area (TPSA) is 81.6 Å². The lowest BCUT2D eigenvalue weighted by atomic mass is 10.1. The molecule has 0 radical (unpaired) electrons. The maximum Gasteiger partial charge on any atom is 0.227 e. The number of ether oxygens (including phenoxy) is 3. The molecule has 1 aliphatic rings. The summed E-state index contributed by atoms with van der Waals surface area (Å²) in [7, 11) is 1.67. The monoisotopic (exact) mass is 421 g/mol. The van der Waals surface area contributed by atoms with Crippen molar-refractivity contribution in [3.8, 4) is 5.75 Å². The molecule has 0 bridgehead atoms. The van der Waals surface area contributed by atoms with E-state index in [0.29, 0.717) is 25.8 Å². The zero-order valence-corrected chi connectivity index (χ0v) is 17.6. The van der Waals surface area contributed by atoms with Gasteiger partial charge >= 0.3 is 0 Å². The van der Waals surface area contributed by atoms with Crippen molar-refractivity contribution < 1.29 is 14.2 Å². The molecule has 3 heterocycles. The maximum atomic E-state index is 5.99. The Morgan fingerprint density at radius 3 is 2.81 bits per heavy atom. The van der Waals surface area contributed by atoms with Crippen LogP contribution < -0.4 is 10.1 Å². The van der Waals surface area contributed by atoms with Crippen LogP contribution in [-0.2, 0) is 16.0 Å². The summed E-state index contributed by atoms with van der Waals surface area (Å²) >= 11 is 0. The highest BCUT2D eigenvalue weighted by Crippen LogP contribution is 2.24. The first kappa shape index (κ1) is 21.2. The fourth-order valence-corrected chi connectivity index (χ4v) is 3.42. The van der Waals surface area contributed by atoms with Gasteiger partial charge in [-0.1, -0.05) is 12.1 Å². The van der Waals surface area contributed by atoms with E-state index in [1.54, 1.807) is 31.8 Å². The van der Waals surface area contributed by atoms with Gasteiger partial charge in [-0.2, -0.15) is 0 Å². The molecular weight excluding hydrogens is 394 g/mol. The van der Waals surface area contributed by atoms with Gasteiger partial charge in [0.15, 0.2) is 0 Å². The molecule has 0 saturated carbocycles. The van der Waals surface area contributed by atoms with Crippen LogP contribution in [0.15, 0.2) is 61.1 Å². The van der Waals surface area contributed by atoms with Crippen molar-refractivity contribution in [2.24, 2.45) is 0 Å². The van der Waals surface area contributed by atoms with E-state index in [4.69, 9.17) is 14.2 Å². The summed E-state index contributed by atoms with van der Waals surface area (Å²) in [5, 5.41) is 3.14. The molecule has 1 atom stereocenters. The van der Waals surface area contributed by atoms with Gasteiger partial charge in [-0.05, 0) is 35.9 Å². The van der Waals surface area contributed by atoms with Gasteiger partial charge in [0.2, 0.25) is 5.95 Å². The number of morpholine rings is 1. The molecule has 4 rings (SSSR count). The molecule has 2 aromatic heterocycles. The van der Waals surface area contributed by atoms with Crippen LogP contribution in [0.3, 0.4) is 0 Å². The number of rotatable bonds is 9. The van der Waals surface area contributed by atoms with Crippen LogP contribution >= 0.6 is 0 Å². The Balaban J connectivity index is 1.33. The van der Waals surface area contributed by atoms with Crippen molar-refractivity contribution in [1.82, 2.24) is 19.9 Å². The summed E-state index contributed by atoms with van der Waals surface area (Å²) in [6, 6.07) is 14.0. The highest BCUT2D eigenvalue weighted by Gasteiger charge is 2.23. The number of hydrogen-bond acceptors (Lipinski definition) is 8. The van der Waals surface area contributed by atoms with E-state index in [9.17, 15) is 0 Å². The molecule has 8 heteroatoms. The van der Waals surface area contributed by atoms with Crippen molar-refractivity contribution in [1.29, 1.82) is 0 Å². The Bertz CT molecular complexity index is 939. The van der Waals surface area contributed by atoms with E-state index < -0.39 is 0 Å². The van der Waals surface area contributed by atoms with Crippen LogP contribution in [0, 0.1) is 0 Å². The first-order valence-corrected chi connectivity index (χ1v) is 10.3. The Kier molecular flexibility index (Phi) is 7.38. The average Bonchev–Trinajstić information content (AvgIpc) is 2.81. The summed E-state index contributed by atoms with van der Waals surface area (Å²) in [6.45, 7) is 4.31. The second-order valence-electron chi connectivity index (χ2n) is 7.25. The highest BCUT2D eigenvalue weighted by molar-refractivity contribution is 5.51. The molecule has 31 heavy (non-hydrogen) atoms. The summed E-state index contributed by atoms with van der Waals surface area (Å²) in [5.41, 5.74) is 2.97. The molecule has 8 nitrogen and oxygen atoms in total. The first-order valence-electron chi connectivity index (χ1n) is 10.3.